The van der Waals surface area contributed by atoms with Gasteiger partial charge in [-0.1, -0.05) is 12.1 Å². The van der Waals surface area contributed by atoms with Gasteiger partial charge in [-0.2, -0.15) is 13.2 Å². The summed E-state index contributed by atoms with van der Waals surface area (Å²) in [5.74, 6) is 1.68. The van der Waals surface area contributed by atoms with Crippen LogP contribution in [0.25, 0.3) is 16.9 Å². The second-order valence-corrected chi connectivity index (χ2v) is 5.80. The highest BCUT2D eigenvalue weighted by Crippen LogP contribution is 2.28. The summed E-state index contributed by atoms with van der Waals surface area (Å²) in [5.41, 5.74) is 1.15. The second kappa shape index (κ2) is 6.35. The second-order valence-electron chi connectivity index (χ2n) is 5.80. The topological polar surface area (TPSA) is 68.5 Å². The maximum atomic E-state index is 12.6. The molecule has 0 aliphatic heterocycles. The molecule has 0 amide bonds. The molecule has 0 saturated carbocycles. The van der Waals surface area contributed by atoms with E-state index in [0.29, 0.717) is 17.3 Å². The Bertz CT molecular complexity index is 1100. The van der Waals surface area contributed by atoms with Crippen molar-refractivity contribution in [3.05, 3.63) is 66.5 Å². The van der Waals surface area contributed by atoms with E-state index in [1.807, 2.05) is 35.8 Å². The number of pyridine rings is 1. The lowest BCUT2D eigenvalue weighted by Crippen LogP contribution is -2.08. The van der Waals surface area contributed by atoms with E-state index in [0.717, 1.165) is 29.1 Å². The number of nitrogens with one attached hydrogen (secondary N) is 1. The summed E-state index contributed by atoms with van der Waals surface area (Å²) in [4.78, 5) is 16.6. The number of benzene rings is 1. The third kappa shape index (κ3) is 3.31. The van der Waals surface area contributed by atoms with Crippen LogP contribution in [0.5, 0.6) is 0 Å². The van der Waals surface area contributed by atoms with Crippen LogP contribution in [-0.4, -0.2) is 24.5 Å². The number of aromatic nitrogens is 5. The van der Waals surface area contributed by atoms with Crippen molar-refractivity contribution in [1.29, 1.82) is 0 Å². The predicted molar refractivity (Wildman–Crippen MR) is 93.9 cm³/mol. The average molecular weight is 370 g/mol. The summed E-state index contributed by atoms with van der Waals surface area (Å²) in [6, 6.07) is 9.85. The molecule has 0 fully saturated rings. The molecule has 0 aliphatic carbocycles. The number of para-hydroxylation sites is 2. The lowest BCUT2D eigenvalue weighted by atomic mass is 10.3. The predicted octanol–water partition coefficient (Wildman–Crippen LogP) is 4.28. The van der Waals surface area contributed by atoms with Crippen molar-refractivity contribution < 1.29 is 13.2 Å². The third-order valence-electron chi connectivity index (χ3n) is 3.91. The van der Waals surface area contributed by atoms with Crippen LogP contribution in [0.1, 0.15) is 11.5 Å². The number of hydrogen-bond acceptors (Lipinski definition) is 5. The van der Waals surface area contributed by atoms with E-state index in [4.69, 9.17) is 0 Å². The fraction of sp³-hybridized carbons (Fsp3) is 0.111. The molecule has 4 aromatic rings. The normalized spacial score (nSPS) is 11.7. The van der Waals surface area contributed by atoms with Crippen LogP contribution in [0.15, 0.2) is 55.0 Å². The fourth-order valence-electron chi connectivity index (χ4n) is 2.74. The highest BCUT2D eigenvalue weighted by atomic mass is 19.4. The van der Waals surface area contributed by atoms with Crippen molar-refractivity contribution >= 4 is 22.5 Å². The quantitative estimate of drug-likeness (QED) is 0.583. The smallest absolute Gasteiger partial charge is 0.338 e. The first-order valence-corrected chi connectivity index (χ1v) is 7.98. The summed E-state index contributed by atoms with van der Waals surface area (Å²) in [5, 5.41) is 2.92. The first-order chi connectivity index (χ1) is 12.9. The van der Waals surface area contributed by atoms with Gasteiger partial charge in [-0.25, -0.2) is 15.0 Å². The Morgan fingerprint density at radius 1 is 0.963 bits per heavy atom. The number of aryl methyl sites for hydroxylation is 1. The van der Waals surface area contributed by atoms with Gasteiger partial charge in [-0.3, -0.25) is 9.55 Å². The standard InChI is InChI=1S/C18H13F3N6/c1-11-24-13-4-2-3-5-14(13)27(11)17-10-22-9-16(26-17)25-12-6-7-15(23-8-12)18(19,20)21/h2-10H,1H3,(H,25,26). The van der Waals surface area contributed by atoms with Crippen LogP contribution in [0.2, 0.25) is 0 Å². The molecule has 0 saturated heterocycles. The van der Waals surface area contributed by atoms with Gasteiger partial charge in [0.15, 0.2) is 11.6 Å². The lowest BCUT2D eigenvalue weighted by molar-refractivity contribution is -0.141. The molecule has 1 aromatic carbocycles. The van der Waals surface area contributed by atoms with Gasteiger partial charge in [-0.15, -0.1) is 0 Å². The van der Waals surface area contributed by atoms with Crippen LogP contribution in [0.3, 0.4) is 0 Å². The summed E-state index contributed by atoms with van der Waals surface area (Å²) >= 11 is 0. The first-order valence-electron chi connectivity index (χ1n) is 7.98. The Morgan fingerprint density at radius 2 is 1.78 bits per heavy atom. The molecule has 6 nitrogen and oxygen atoms in total. The number of fused-ring (bicyclic) bond motifs is 1. The molecule has 9 heteroatoms. The Labute approximate surface area is 151 Å². The molecule has 0 aliphatic rings. The number of hydrogen-bond donors (Lipinski definition) is 1. The molecular formula is C18H13F3N6. The zero-order valence-electron chi connectivity index (χ0n) is 14.1. The Hall–Kier alpha value is -3.49. The number of nitrogens with zero attached hydrogens (tertiary/aromatic N) is 5. The van der Waals surface area contributed by atoms with Gasteiger partial charge < -0.3 is 5.32 Å². The minimum atomic E-state index is -4.47. The van der Waals surface area contributed by atoms with Gasteiger partial charge in [0.2, 0.25) is 0 Å². The van der Waals surface area contributed by atoms with Crippen molar-refractivity contribution in [3.63, 3.8) is 0 Å². The molecule has 0 atom stereocenters. The minimum absolute atomic E-state index is 0.377. The van der Waals surface area contributed by atoms with E-state index in [-0.39, 0.29) is 0 Å². The van der Waals surface area contributed by atoms with Crippen LogP contribution in [0.4, 0.5) is 24.7 Å². The number of rotatable bonds is 3. The van der Waals surface area contributed by atoms with Crippen molar-refractivity contribution in [3.8, 4) is 5.82 Å². The molecule has 27 heavy (non-hydrogen) atoms. The van der Waals surface area contributed by atoms with Gasteiger partial charge in [0.25, 0.3) is 0 Å². The van der Waals surface area contributed by atoms with Crippen LogP contribution in [-0.2, 0) is 6.18 Å². The molecule has 0 unspecified atom stereocenters. The Morgan fingerprint density at radius 3 is 2.52 bits per heavy atom. The molecule has 4 rings (SSSR count). The van der Waals surface area contributed by atoms with E-state index in [9.17, 15) is 13.2 Å². The summed E-state index contributed by atoms with van der Waals surface area (Å²) in [7, 11) is 0. The monoisotopic (exact) mass is 370 g/mol. The van der Waals surface area contributed by atoms with Crippen molar-refractivity contribution in [2.75, 3.05) is 5.32 Å². The van der Waals surface area contributed by atoms with Crippen molar-refractivity contribution in [2.45, 2.75) is 13.1 Å². The van der Waals surface area contributed by atoms with E-state index >= 15 is 0 Å². The molecule has 1 N–H and O–H groups in total. The third-order valence-corrected chi connectivity index (χ3v) is 3.91. The van der Waals surface area contributed by atoms with Crippen LogP contribution >= 0.6 is 0 Å². The highest BCUT2D eigenvalue weighted by Gasteiger charge is 2.32. The van der Waals surface area contributed by atoms with E-state index in [1.165, 1.54) is 12.3 Å². The molecule has 3 aromatic heterocycles. The maximum Gasteiger partial charge on any atom is 0.433 e. The Kier molecular flexibility index (Phi) is 3.98. The zero-order valence-corrected chi connectivity index (χ0v) is 14.1. The van der Waals surface area contributed by atoms with Crippen LogP contribution < -0.4 is 5.32 Å². The SMILES string of the molecule is Cc1nc2ccccc2n1-c1cncc(Nc2ccc(C(F)(F)F)nc2)n1. The van der Waals surface area contributed by atoms with Gasteiger partial charge in [0.1, 0.15) is 11.5 Å². The van der Waals surface area contributed by atoms with Gasteiger partial charge in [0, 0.05) is 0 Å². The van der Waals surface area contributed by atoms with E-state index in [2.05, 4.69) is 25.3 Å². The maximum absolute atomic E-state index is 12.6. The zero-order chi connectivity index (χ0) is 19.0. The molecule has 3 heterocycles. The number of imidazole rings is 1. The largest absolute Gasteiger partial charge is 0.433 e. The molecule has 136 valence electrons. The van der Waals surface area contributed by atoms with Gasteiger partial charge >= 0.3 is 6.18 Å². The summed E-state index contributed by atoms with van der Waals surface area (Å²) in [6.07, 6.45) is -0.291. The van der Waals surface area contributed by atoms with Crippen LogP contribution in [0, 0.1) is 6.92 Å². The summed E-state index contributed by atoms with van der Waals surface area (Å²) in [6.45, 7) is 1.86. The molecule has 0 radical (unpaired) electrons. The lowest BCUT2D eigenvalue weighted by Gasteiger charge is -2.10. The average Bonchev–Trinajstić information content (AvgIpc) is 2.97. The minimum Gasteiger partial charge on any atom is -0.338 e. The Balaban J connectivity index is 1.66. The van der Waals surface area contributed by atoms with Gasteiger partial charge in [-0.05, 0) is 31.2 Å². The van der Waals surface area contributed by atoms with E-state index < -0.39 is 11.9 Å². The van der Waals surface area contributed by atoms with Gasteiger partial charge in [0.05, 0.1) is 35.3 Å². The number of anilines is 2. The molecule has 0 spiro atoms. The molecular weight excluding hydrogens is 357 g/mol. The number of alkyl halides is 3. The first kappa shape index (κ1) is 17.0. The van der Waals surface area contributed by atoms with Crippen molar-refractivity contribution in [1.82, 2.24) is 24.5 Å². The van der Waals surface area contributed by atoms with Crippen molar-refractivity contribution in [2.24, 2.45) is 0 Å². The highest BCUT2D eigenvalue weighted by molar-refractivity contribution is 5.77. The van der Waals surface area contributed by atoms with E-state index in [1.54, 1.807) is 6.20 Å². The fourth-order valence-corrected chi connectivity index (χ4v) is 2.74. The summed E-state index contributed by atoms with van der Waals surface area (Å²) < 4.78 is 39.7. The number of halogens is 3. The molecule has 0 bridgehead atoms.